The monoisotopic (exact) mass is 281 g/mol. The van der Waals surface area contributed by atoms with Crippen molar-refractivity contribution in [1.82, 2.24) is 10.2 Å². The van der Waals surface area contributed by atoms with Gasteiger partial charge in [0.05, 0.1) is 0 Å². The van der Waals surface area contributed by atoms with Gasteiger partial charge < -0.3 is 5.11 Å². The number of carboxylic acids is 1. The van der Waals surface area contributed by atoms with Crippen LogP contribution in [0.4, 0.5) is 0 Å². The molecular weight excluding hydrogens is 280 g/mol. The molecule has 1 radical (unpaired) electrons. The largest absolute Gasteiger partial charge is 0.478 e. The molecule has 0 saturated carbocycles. The summed E-state index contributed by atoms with van der Waals surface area (Å²) in [7, 11) is 0. The number of carboxylic acid groups (broad SMARTS) is 1. The Morgan fingerprint density at radius 2 is 2.00 bits per heavy atom. The van der Waals surface area contributed by atoms with E-state index in [1.807, 2.05) is 0 Å². The Morgan fingerprint density at radius 1 is 1.42 bits per heavy atom. The zero-order valence-corrected chi connectivity index (χ0v) is 10.0. The topological polar surface area (TPSA) is 63.1 Å². The van der Waals surface area contributed by atoms with Gasteiger partial charge in [0.1, 0.15) is 5.56 Å². The van der Waals surface area contributed by atoms with Crippen molar-refractivity contribution in [3.8, 4) is 0 Å². The fourth-order valence-corrected chi connectivity index (χ4v) is 0.823. The van der Waals surface area contributed by atoms with Crippen molar-refractivity contribution in [2.45, 2.75) is 0 Å². The quantitative estimate of drug-likeness (QED) is 0.847. The minimum atomic E-state index is -1.17. The molecule has 7 heteroatoms. The van der Waals surface area contributed by atoms with Crippen LogP contribution in [0.5, 0.6) is 0 Å². The number of halogens is 2. The number of aromatic nitrogens is 2. The summed E-state index contributed by atoms with van der Waals surface area (Å²) in [4.78, 5) is 10.4. The van der Waals surface area contributed by atoms with Crippen LogP contribution in [0.2, 0.25) is 10.3 Å². The number of aromatic carboxylic acids is 1. The second-order valence-electron chi connectivity index (χ2n) is 1.68. The molecule has 0 saturated heterocycles. The second kappa shape index (κ2) is 5.07. The predicted octanol–water partition coefficient (Wildman–Crippen LogP) is 1.48. The standard InChI is InChI=1S/C5H2Cl2N2O2.Y/c6-3-1-2(5(10)11)4(7)9-8-3;/h1H,(H,10,11);. The molecule has 1 N–H and O–H groups in total. The molecular formula is C5H2Cl2N2O2Y. The van der Waals surface area contributed by atoms with Gasteiger partial charge in [0.2, 0.25) is 0 Å². The molecule has 1 aromatic rings. The van der Waals surface area contributed by atoms with Crippen LogP contribution in [0, 0.1) is 0 Å². The van der Waals surface area contributed by atoms with Gasteiger partial charge in [0, 0.05) is 32.7 Å². The van der Waals surface area contributed by atoms with Crippen molar-refractivity contribution in [3.05, 3.63) is 21.9 Å². The van der Waals surface area contributed by atoms with E-state index in [-0.39, 0.29) is 48.6 Å². The summed E-state index contributed by atoms with van der Waals surface area (Å²) in [5.41, 5.74) is -0.147. The van der Waals surface area contributed by atoms with E-state index in [9.17, 15) is 4.79 Å². The first kappa shape index (κ1) is 12.2. The molecule has 0 aliphatic heterocycles. The van der Waals surface area contributed by atoms with E-state index in [0.717, 1.165) is 6.07 Å². The Labute approximate surface area is 103 Å². The third-order valence-electron chi connectivity index (χ3n) is 0.949. The van der Waals surface area contributed by atoms with Crippen LogP contribution in [-0.2, 0) is 32.7 Å². The molecule has 1 aromatic heterocycles. The molecule has 0 aliphatic rings. The van der Waals surface area contributed by atoms with Gasteiger partial charge in [0.15, 0.2) is 10.3 Å². The maximum Gasteiger partial charge on any atom is 0.339 e. The molecule has 0 fully saturated rings. The zero-order chi connectivity index (χ0) is 8.43. The predicted molar refractivity (Wildman–Crippen MR) is 39.0 cm³/mol. The van der Waals surface area contributed by atoms with Gasteiger partial charge in [-0.2, -0.15) is 0 Å². The average Bonchev–Trinajstić information content (AvgIpc) is 1.94. The summed E-state index contributed by atoms with van der Waals surface area (Å²) < 4.78 is 0. The van der Waals surface area contributed by atoms with Crippen LogP contribution in [-0.4, -0.2) is 21.3 Å². The van der Waals surface area contributed by atoms with Gasteiger partial charge in [-0.3, -0.25) is 0 Å². The summed E-state index contributed by atoms with van der Waals surface area (Å²) in [5.74, 6) is -1.17. The van der Waals surface area contributed by atoms with E-state index in [2.05, 4.69) is 10.2 Å². The molecule has 61 valence electrons. The molecule has 4 nitrogen and oxygen atoms in total. The normalized spacial score (nSPS) is 8.83. The SMILES string of the molecule is O=C(O)c1cc(Cl)nnc1Cl.[Y]. The molecule has 0 unspecified atom stereocenters. The molecule has 0 spiro atoms. The third-order valence-corrected chi connectivity index (χ3v) is 1.41. The van der Waals surface area contributed by atoms with Gasteiger partial charge in [0.25, 0.3) is 0 Å². The number of nitrogens with zero attached hydrogens (tertiary/aromatic N) is 2. The van der Waals surface area contributed by atoms with Gasteiger partial charge in [-0.15, -0.1) is 10.2 Å². The minimum Gasteiger partial charge on any atom is -0.478 e. The van der Waals surface area contributed by atoms with Crippen molar-refractivity contribution in [1.29, 1.82) is 0 Å². The number of carbonyl (C=O) groups is 1. The van der Waals surface area contributed by atoms with Gasteiger partial charge in [-0.05, 0) is 6.07 Å². The Morgan fingerprint density at radius 3 is 2.42 bits per heavy atom. The number of hydrogen-bond acceptors (Lipinski definition) is 3. The van der Waals surface area contributed by atoms with Crippen LogP contribution in [0.15, 0.2) is 6.07 Å². The van der Waals surface area contributed by atoms with Crippen molar-refractivity contribution < 1.29 is 42.6 Å². The summed E-state index contributed by atoms with van der Waals surface area (Å²) in [6.45, 7) is 0. The van der Waals surface area contributed by atoms with Crippen LogP contribution in [0.3, 0.4) is 0 Å². The van der Waals surface area contributed by atoms with E-state index in [1.165, 1.54) is 0 Å². The molecule has 0 bridgehead atoms. The van der Waals surface area contributed by atoms with E-state index in [1.54, 1.807) is 0 Å². The number of rotatable bonds is 1. The number of hydrogen-bond donors (Lipinski definition) is 1. The first-order valence-corrected chi connectivity index (χ1v) is 3.29. The van der Waals surface area contributed by atoms with Crippen molar-refractivity contribution in [3.63, 3.8) is 0 Å². The van der Waals surface area contributed by atoms with Crippen molar-refractivity contribution in [2.24, 2.45) is 0 Å². The van der Waals surface area contributed by atoms with E-state index < -0.39 is 5.97 Å². The van der Waals surface area contributed by atoms with Gasteiger partial charge >= 0.3 is 5.97 Å². The second-order valence-corrected chi connectivity index (χ2v) is 2.42. The molecule has 0 aliphatic carbocycles. The molecule has 12 heavy (non-hydrogen) atoms. The third kappa shape index (κ3) is 2.94. The maximum absolute atomic E-state index is 10.4. The van der Waals surface area contributed by atoms with E-state index in [4.69, 9.17) is 28.3 Å². The Balaban J connectivity index is 0.00000121. The summed E-state index contributed by atoms with van der Waals surface area (Å²) in [5, 5.41) is 15.0. The first-order valence-electron chi connectivity index (χ1n) is 2.53. The van der Waals surface area contributed by atoms with Crippen LogP contribution in [0.1, 0.15) is 10.4 Å². The summed E-state index contributed by atoms with van der Waals surface area (Å²) >= 11 is 10.7. The van der Waals surface area contributed by atoms with Crippen molar-refractivity contribution in [2.75, 3.05) is 0 Å². The van der Waals surface area contributed by atoms with Crippen LogP contribution >= 0.6 is 23.2 Å². The summed E-state index contributed by atoms with van der Waals surface area (Å²) in [6, 6.07) is 1.14. The van der Waals surface area contributed by atoms with Gasteiger partial charge in [-0.25, -0.2) is 4.79 Å². The smallest absolute Gasteiger partial charge is 0.339 e. The molecule has 0 aromatic carbocycles. The molecule has 0 amide bonds. The zero-order valence-electron chi connectivity index (χ0n) is 5.66. The molecule has 1 heterocycles. The van der Waals surface area contributed by atoms with E-state index >= 15 is 0 Å². The molecule has 1 rings (SSSR count). The fourth-order valence-electron chi connectivity index (χ4n) is 0.503. The Bertz CT molecular complexity index is 307. The maximum atomic E-state index is 10.4. The summed E-state index contributed by atoms with van der Waals surface area (Å²) in [6.07, 6.45) is 0. The Kier molecular flexibility index (Phi) is 5.17. The van der Waals surface area contributed by atoms with Gasteiger partial charge in [-0.1, -0.05) is 23.2 Å². The molecule has 0 atom stereocenters. The fraction of sp³-hybridized carbons (Fsp3) is 0. The Hall–Kier alpha value is 0.234. The van der Waals surface area contributed by atoms with Crippen LogP contribution in [0.25, 0.3) is 0 Å². The minimum absolute atomic E-state index is 0. The average molecular weight is 282 g/mol. The first-order chi connectivity index (χ1) is 5.11. The van der Waals surface area contributed by atoms with Crippen molar-refractivity contribution >= 4 is 29.2 Å². The van der Waals surface area contributed by atoms with Crippen LogP contribution < -0.4 is 0 Å². The van der Waals surface area contributed by atoms with E-state index in [0.29, 0.717) is 0 Å².